The van der Waals surface area contributed by atoms with Gasteiger partial charge in [-0.2, -0.15) is 5.26 Å². The number of aromatic hydroxyl groups is 1. The third kappa shape index (κ3) is 2.39. The highest BCUT2D eigenvalue weighted by Gasteiger charge is 2.59. The van der Waals surface area contributed by atoms with Gasteiger partial charge in [0, 0.05) is 11.8 Å². The number of aromatic nitrogens is 1. The Balaban J connectivity index is 1.81. The van der Waals surface area contributed by atoms with Crippen LogP contribution in [0, 0.1) is 24.1 Å². The van der Waals surface area contributed by atoms with Crippen molar-refractivity contribution in [1.82, 2.24) is 4.98 Å². The molecule has 27 heavy (non-hydrogen) atoms. The van der Waals surface area contributed by atoms with E-state index in [-0.39, 0.29) is 16.7 Å². The molecular weight excluding hydrogens is 367 g/mol. The van der Waals surface area contributed by atoms with Crippen LogP contribution < -0.4 is 9.80 Å². The Labute approximate surface area is 160 Å². The molecule has 1 spiro atoms. The lowest BCUT2D eigenvalue weighted by atomic mass is 9.75. The first-order valence-corrected chi connectivity index (χ1v) is 8.84. The number of rotatable bonds is 2. The number of halogens is 1. The number of hydrogen-bond acceptors (Lipinski definition) is 5. The molecule has 0 unspecified atom stereocenters. The average molecular weight is 382 g/mol. The predicted molar refractivity (Wildman–Crippen MR) is 101 cm³/mol. The molecule has 6 nitrogen and oxygen atoms in total. The van der Waals surface area contributed by atoms with Gasteiger partial charge in [-0.15, -0.1) is 0 Å². The average Bonchev–Trinajstić information content (AvgIpc) is 2.84. The van der Waals surface area contributed by atoms with Gasteiger partial charge in [0.25, 0.3) is 5.91 Å². The summed E-state index contributed by atoms with van der Waals surface area (Å²) in [6.45, 7) is 1.74. The number of phenols is 1. The van der Waals surface area contributed by atoms with E-state index in [9.17, 15) is 14.3 Å². The van der Waals surface area contributed by atoms with Gasteiger partial charge in [0.2, 0.25) is 0 Å². The van der Waals surface area contributed by atoms with E-state index in [1.54, 1.807) is 24.0 Å². The van der Waals surface area contributed by atoms with Crippen LogP contribution in [-0.4, -0.2) is 26.6 Å². The van der Waals surface area contributed by atoms with Crippen molar-refractivity contribution in [2.45, 2.75) is 31.7 Å². The minimum Gasteiger partial charge on any atom is -0.505 e. The molecule has 0 bridgehead atoms. The summed E-state index contributed by atoms with van der Waals surface area (Å²) >= 11 is 5.59. The first-order chi connectivity index (χ1) is 12.9. The van der Waals surface area contributed by atoms with Gasteiger partial charge in [0.15, 0.2) is 16.7 Å². The van der Waals surface area contributed by atoms with Crippen molar-refractivity contribution in [1.29, 1.82) is 5.26 Å². The highest BCUT2D eigenvalue weighted by atomic mass is 32.1. The van der Waals surface area contributed by atoms with Crippen molar-refractivity contribution in [3.63, 3.8) is 0 Å². The molecule has 4 rings (SSSR count). The molecule has 1 aliphatic heterocycles. The number of benzene rings is 1. The smallest absolute Gasteiger partial charge is 0.259 e. The maximum atomic E-state index is 13.9. The Morgan fingerprint density at radius 2 is 2.07 bits per heavy atom. The molecule has 2 aromatic rings. The molecule has 2 aliphatic rings. The quantitative estimate of drug-likeness (QED) is 0.804. The zero-order valence-electron chi connectivity index (χ0n) is 14.4. The lowest BCUT2D eigenvalue weighted by molar-refractivity contribution is -0.123. The lowest BCUT2D eigenvalue weighted by Crippen LogP contribution is -2.55. The SMILES string of the molecule is Cc1cc(N2C(=O)C3(CCC3)N(c3ccc(O)c(F)c3)C2=S)cnc1C#N. The fourth-order valence-electron chi connectivity index (χ4n) is 3.64. The van der Waals surface area contributed by atoms with Gasteiger partial charge < -0.3 is 10.0 Å². The summed E-state index contributed by atoms with van der Waals surface area (Å²) in [5, 5.41) is 18.8. The number of anilines is 2. The van der Waals surface area contributed by atoms with Crippen molar-refractivity contribution >= 4 is 34.6 Å². The molecule has 1 saturated heterocycles. The molecule has 1 aromatic carbocycles. The Morgan fingerprint density at radius 3 is 2.63 bits per heavy atom. The molecule has 8 heteroatoms. The highest BCUT2D eigenvalue weighted by Crippen LogP contribution is 2.48. The van der Waals surface area contributed by atoms with Crippen LogP contribution in [0.5, 0.6) is 5.75 Å². The molecule has 2 heterocycles. The lowest BCUT2D eigenvalue weighted by Gasteiger charge is -2.43. The summed E-state index contributed by atoms with van der Waals surface area (Å²) in [7, 11) is 0. The van der Waals surface area contributed by atoms with Crippen LogP contribution in [-0.2, 0) is 4.79 Å². The van der Waals surface area contributed by atoms with Crippen molar-refractivity contribution in [3.8, 4) is 11.8 Å². The van der Waals surface area contributed by atoms with E-state index in [0.717, 1.165) is 6.42 Å². The van der Waals surface area contributed by atoms with Crippen LogP contribution in [0.15, 0.2) is 30.5 Å². The number of phenolic OH excluding ortho intramolecular Hbond substituents is 1. The number of pyridine rings is 1. The minimum absolute atomic E-state index is 0.182. The van der Waals surface area contributed by atoms with Gasteiger partial charge in [0.1, 0.15) is 17.3 Å². The third-order valence-electron chi connectivity index (χ3n) is 5.21. The zero-order valence-corrected chi connectivity index (χ0v) is 15.3. The van der Waals surface area contributed by atoms with Crippen LogP contribution in [0.1, 0.15) is 30.5 Å². The second kappa shape index (κ2) is 5.99. The van der Waals surface area contributed by atoms with E-state index in [4.69, 9.17) is 17.5 Å². The van der Waals surface area contributed by atoms with Crippen LogP contribution in [0.3, 0.4) is 0 Å². The molecule has 1 aromatic heterocycles. The molecule has 0 radical (unpaired) electrons. The molecule has 1 saturated carbocycles. The normalized spacial score (nSPS) is 18.0. The molecule has 0 atom stereocenters. The second-order valence-electron chi connectivity index (χ2n) is 6.75. The fraction of sp³-hybridized carbons (Fsp3) is 0.263. The topological polar surface area (TPSA) is 80.5 Å². The Bertz CT molecular complexity index is 1030. The Morgan fingerprint density at radius 1 is 1.33 bits per heavy atom. The maximum absolute atomic E-state index is 13.9. The second-order valence-corrected chi connectivity index (χ2v) is 7.12. The number of amides is 1. The van der Waals surface area contributed by atoms with Gasteiger partial charge in [0.05, 0.1) is 11.9 Å². The molecule has 1 amide bonds. The van der Waals surface area contributed by atoms with Crippen molar-refractivity contribution in [2.75, 3.05) is 9.80 Å². The standard InChI is InChI=1S/C19H15FN4O2S/c1-11-7-13(10-22-15(11)9-21)23-17(26)19(5-2-6-19)24(18(23)27)12-3-4-16(25)14(20)8-12/h3-4,7-8,10,25H,2,5-6H2,1H3. The van der Waals surface area contributed by atoms with Gasteiger partial charge in [-0.05, 0) is 62.2 Å². The molecule has 1 aliphatic carbocycles. The van der Waals surface area contributed by atoms with Gasteiger partial charge in [-0.3, -0.25) is 9.69 Å². The number of carbonyl (C=O) groups is 1. The summed E-state index contributed by atoms with van der Waals surface area (Å²) in [6, 6.07) is 7.67. The molecule has 136 valence electrons. The van der Waals surface area contributed by atoms with E-state index in [0.29, 0.717) is 29.8 Å². The van der Waals surface area contributed by atoms with Crippen LogP contribution in [0.2, 0.25) is 0 Å². The summed E-state index contributed by atoms with van der Waals surface area (Å²) in [6.07, 6.45) is 3.52. The summed E-state index contributed by atoms with van der Waals surface area (Å²) < 4.78 is 13.9. The van der Waals surface area contributed by atoms with E-state index in [2.05, 4.69) is 4.98 Å². The van der Waals surface area contributed by atoms with E-state index in [1.807, 2.05) is 6.07 Å². The number of nitrogens with zero attached hydrogens (tertiary/aromatic N) is 4. The van der Waals surface area contributed by atoms with Gasteiger partial charge in [-0.1, -0.05) is 0 Å². The van der Waals surface area contributed by atoms with Crippen LogP contribution >= 0.6 is 12.2 Å². The number of hydrogen-bond donors (Lipinski definition) is 1. The number of nitriles is 1. The van der Waals surface area contributed by atoms with Crippen molar-refractivity contribution in [2.24, 2.45) is 0 Å². The van der Waals surface area contributed by atoms with Crippen LogP contribution in [0.25, 0.3) is 0 Å². The molecular formula is C19H15FN4O2S. The monoisotopic (exact) mass is 382 g/mol. The zero-order chi connectivity index (χ0) is 19.3. The fourth-order valence-corrected chi connectivity index (χ4v) is 4.11. The van der Waals surface area contributed by atoms with E-state index in [1.165, 1.54) is 23.2 Å². The van der Waals surface area contributed by atoms with Crippen LogP contribution in [0.4, 0.5) is 15.8 Å². The predicted octanol–water partition coefficient (Wildman–Crippen LogP) is 3.17. The first kappa shape index (κ1) is 17.4. The van der Waals surface area contributed by atoms with E-state index >= 15 is 0 Å². The van der Waals surface area contributed by atoms with Gasteiger partial charge in [-0.25, -0.2) is 9.37 Å². The van der Waals surface area contributed by atoms with Gasteiger partial charge >= 0.3 is 0 Å². The molecule has 2 fully saturated rings. The highest BCUT2D eigenvalue weighted by molar-refractivity contribution is 7.81. The number of carbonyl (C=O) groups excluding carboxylic acids is 1. The Hall–Kier alpha value is -3.05. The summed E-state index contributed by atoms with van der Waals surface area (Å²) in [5.41, 5.74) is 0.982. The number of thiocarbonyl (C=S) groups is 1. The third-order valence-corrected chi connectivity index (χ3v) is 5.58. The minimum atomic E-state index is -0.845. The Kier molecular flexibility index (Phi) is 3.86. The largest absolute Gasteiger partial charge is 0.505 e. The van der Waals surface area contributed by atoms with E-state index < -0.39 is 17.1 Å². The summed E-state index contributed by atoms with van der Waals surface area (Å²) in [4.78, 5) is 20.5. The summed E-state index contributed by atoms with van der Waals surface area (Å²) in [5.74, 6) is -1.41. The molecule has 1 N–H and O–H groups in total. The van der Waals surface area contributed by atoms with Crippen molar-refractivity contribution < 1.29 is 14.3 Å². The number of aryl methyl sites for hydroxylation is 1. The van der Waals surface area contributed by atoms with Crippen molar-refractivity contribution in [3.05, 3.63) is 47.5 Å². The maximum Gasteiger partial charge on any atom is 0.259 e. The first-order valence-electron chi connectivity index (χ1n) is 8.43.